The van der Waals surface area contributed by atoms with Gasteiger partial charge in [0.05, 0.1) is 0 Å². The third-order valence-corrected chi connectivity index (χ3v) is 6.85. The van der Waals surface area contributed by atoms with E-state index in [0.29, 0.717) is 17.2 Å². The molecule has 3 aromatic carbocycles. The first-order valence-electron chi connectivity index (χ1n) is 10.0. The Balaban J connectivity index is -0.0000000568. The molecule has 0 N–H and O–H groups in total. The second-order valence-corrected chi connectivity index (χ2v) is 16.0. The summed E-state index contributed by atoms with van der Waals surface area (Å²) in [6.07, 6.45) is 0. The molecule has 0 unspecified atom stereocenters. The maximum atomic E-state index is 10.1. The van der Waals surface area contributed by atoms with Crippen molar-refractivity contribution in [2.75, 3.05) is 7.11 Å². The van der Waals surface area contributed by atoms with Gasteiger partial charge in [-0.2, -0.15) is 0 Å². The Morgan fingerprint density at radius 1 is 0.367 bits per heavy atom. The number of para-hydroxylation sites is 3. The van der Waals surface area contributed by atoms with Crippen LogP contribution in [0, 0.1) is 0 Å². The van der Waals surface area contributed by atoms with Crippen molar-refractivity contribution in [3.63, 3.8) is 0 Å². The van der Waals surface area contributed by atoms with Gasteiger partial charge in [-0.1, -0.05) is 0 Å². The van der Waals surface area contributed by atoms with Gasteiger partial charge in [0.2, 0.25) is 0 Å². The van der Waals surface area contributed by atoms with Crippen molar-refractivity contribution in [3.05, 3.63) is 91.0 Å². The third-order valence-electron chi connectivity index (χ3n) is 2.92. The molecule has 18 nitrogen and oxygen atoms in total. The summed E-state index contributed by atoms with van der Waals surface area (Å²) in [5.41, 5.74) is 0. The van der Waals surface area contributed by atoms with Gasteiger partial charge < -0.3 is 0 Å². The second-order valence-electron chi connectivity index (χ2n) is 5.74. The Hall–Kier alpha value is -0.0109. The van der Waals surface area contributed by atoms with E-state index in [4.69, 9.17) is 19.6 Å². The van der Waals surface area contributed by atoms with Gasteiger partial charge in [0, 0.05) is 0 Å². The van der Waals surface area contributed by atoms with E-state index in [1.54, 1.807) is 91.0 Å². The van der Waals surface area contributed by atoms with E-state index in [0.717, 1.165) is 7.11 Å². The first-order chi connectivity index (χ1) is 20.1. The van der Waals surface area contributed by atoms with Crippen LogP contribution in [0.15, 0.2) is 91.0 Å². The molecule has 0 aliphatic carbocycles. The molecule has 288 valence electrons. The number of hydrogen-bond acceptors (Lipinski definition) is 18. The van der Waals surface area contributed by atoms with E-state index in [-0.39, 0.29) is 28.2 Å². The molecular weight excluding hydrogens is 1360 g/mol. The molecule has 0 saturated heterocycles. The van der Waals surface area contributed by atoms with E-state index < -0.39 is 126 Å². The van der Waals surface area contributed by atoms with Gasteiger partial charge in [-0.3, -0.25) is 28.2 Å². The topological polar surface area (TPSA) is 324 Å². The average molecular weight is 1380 g/mol. The van der Waals surface area contributed by atoms with Gasteiger partial charge in [0.1, 0.15) is 0 Å². The predicted molar refractivity (Wildman–Crippen MR) is 142 cm³/mol. The zero-order valence-corrected chi connectivity index (χ0v) is 39.0. The predicted octanol–water partition coefficient (Wildman–Crippen LogP) is -6.91. The molecule has 0 aliphatic rings. The molecule has 0 saturated carbocycles. The van der Waals surface area contributed by atoms with Gasteiger partial charge in [-0.25, -0.2) is 0 Å². The standard InChI is InChI=1S/3C6H6O.CH3O.6FH.14O.6Sb/c3*7-6-4-2-1-3-5-6;1-2;;;;;;;;;;;;;;;;;;;;;;;;;;/h3*1-5,7H;1H3;6*1H;;;;;;;;;;;;;;;;;;;;/q;;;-1;;;;;;;;;;;;;8*-1;;;4*+1/p-3. The number of benzene rings is 3. The van der Waals surface area contributed by atoms with E-state index in [1.165, 1.54) is 0 Å². The van der Waals surface area contributed by atoms with Crippen molar-refractivity contribution in [3.8, 4) is 17.2 Å². The van der Waals surface area contributed by atoms with Gasteiger partial charge >= 0.3 is 299 Å². The molecule has 49 heavy (non-hydrogen) atoms. The van der Waals surface area contributed by atoms with Crippen molar-refractivity contribution in [1.82, 2.24) is 0 Å². The summed E-state index contributed by atoms with van der Waals surface area (Å²) in [5.74, 6) is 1.20. The van der Waals surface area contributed by atoms with Gasteiger partial charge in [0.15, 0.2) is 0 Å². The molecule has 0 heterocycles. The number of hydrogen-bond donors (Lipinski definition) is 0. The van der Waals surface area contributed by atoms with Crippen LogP contribution < -0.4 is 36.1 Å². The molecule has 3 aromatic rings. The van der Waals surface area contributed by atoms with Crippen LogP contribution in [0.2, 0.25) is 0 Å². The van der Waals surface area contributed by atoms with E-state index >= 15 is 0 Å². The van der Waals surface area contributed by atoms with Gasteiger partial charge in [-0.15, -0.1) is 0 Å². The molecule has 0 aromatic heterocycles. The fourth-order valence-corrected chi connectivity index (χ4v) is 4.22. The Labute approximate surface area is 322 Å². The minimum atomic E-state index is -4.20. The first-order valence-corrected chi connectivity index (χ1v) is 28.8. The minimum absolute atomic E-state index is 0. The van der Waals surface area contributed by atoms with Crippen LogP contribution in [0.1, 0.15) is 0 Å². The molecule has 0 spiro atoms. The molecular formula is C19H24F6O18Sb6-8. The maximum absolute atomic E-state index is 10.1. The van der Waals surface area contributed by atoms with Crippen molar-refractivity contribution in [1.29, 1.82) is 0 Å². The average Bonchev–Trinajstić information content (AvgIpc) is 2.90. The molecule has 30 heteroatoms. The van der Waals surface area contributed by atoms with Crippen LogP contribution in [0.5, 0.6) is 17.2 Å². The van der Waals surface area contributed by atoms with Crippen LogP contribution in [-0.2, 0) is 21.1 Å². The molecule has 0 fully saturated rings. The second kappa shape index (κ2) is 50.1. The van der Waals surface area contributed by atoms with Crippen molar-refractivity contribution >= 4 is 126 Å². The SMILES string of the molecule is C[O][Sb](=[O])[O-].F.F.F.F.F.F.[O]=[Sb]([O-])[O-].[O]=[Sb]([O-])[O-].[O]=[Sb]([O-])[O]c1ccccc1.[O]=[Sb]([O-])[O]c1ccccc1.[O]=[Sb]([O-])[O]c1ccccc1. The van der Waals surface area contributed by atoms with Crippen molar-refractivity contribution in [2.45, 2.75) is 0 Å². The van der Waals surface area contributed by atoms with Gasteiger partial charge in [-0.05, 0) is 0 Å². The molecule has 0 atom stereocenters. The Bertz CT molecular complexity index is 1100. The van der Waals surface area contributed by atoms with E-state index in [2.05, 4.69) is 12.1 Å². The normalized spacial score (nSPS) is 7.29. The van der Waals surface area contributed by atoms with E-state index in [9.17, 15) is 25.6 Å². The van der Waals surface area contributed by atoms with Crippen LogP contribution in [0.3, 0.4) is 0 Å². The first kappa shape index (κ1) is 70.6. The fourth-order valence-electron chi connectivity index (χ4n) is 1.70. The summed E-state index contributed by atoms with van der Waals surface area (Å²) >= 11 is -23.2. The van der Waals surface area contributed by atoms with E-state index in [1.807, 2.05) is 0 Å². The van der Waals surface area contributed by atoms with Crippen LogP contribution >= 0.6 is 0 Å². The summed E-state index contributed by atoms with van der Waals surface area (Å²) in [7, 11) is 1.16. The summed E-state index contributed by atoms with van der Waals surface area (Å²) in [5, 5.41) is 0. The van der Waals surface area contributed by atoms with Crippen LogP contribution in [0.25, 0.3) is 0 Å². The van der Waals surface area contributed by atoms with Crippen molar-refractivity contribution < 1.29 is 85.5 Å². The Kier molecular flexibility index (Phi) is 72.1. The summed E-state index contributed by atoms with van der Waals surface area (Å²) in [4.78, 5) is 0. The monoisotopic (exact) mass is 1380 g/mol. The van der Waals surface area contributed by atoms with Crippen LogP contribution in [-0.4, -0.2) is 133 Å². The summed E-state index contributed by atoms with van der Waals surface area (Å²) in [6.45, 7) is 0. The van der Waals surface area contributed by atoms with Crippen LogP contribution in [0.4, 0.5) is 28.2 Å². The third kappa shape index (κ3) is 70.3. The van der Waals surface area contributed by atoms with Gasteiger partial charge in [0.25, 0.3) is 0 Å². The molecule has 3 rings (SSSR count). The zero-order chi connectivity index (χ0) is 33.6. The molecule has 0 amide bonds. The Morgan fingerprint density at radius 2 is 0.510 bits per heavy atom. The Morgan fingerprint density at radius 3 is 0.612 bits per heavy atom. The quantitative estimate of drug-likeness (QED) is 0.157. The molecule has 0 aliphatic heterocycles. The summed E-state index contributed by atoms with van der Waals surface area (Å²) in [6, 6.07) is 25.3. The zero-order valence-electron chi connectivity index (χ0n) is 23.6. The number of halogens is 6. The number of rotatable bonds is 7. The summed E-state index contributed by atoms with van der Waals surface area (Å²) < 4.78 is 148. The molecule has 0 bridgehead atoms. The van der Waals surface area contributed by atoms with Crippen molar-refractivity contribution in [2.24, 2.45) is 0 Å². The molecule has 6 radical (unpaired) electrons. The fraction of sp³-hybridized carbons (Fsp3) is 0.0526.